The van der Waals surface area contributed by atoms with Crippen LogP contribution in [0, 0.1) is 5.92 Å². The lowest BCUT2D eigenvalue weighted by Crippen LogP contribution is -2.40. The van der Waals surface area contributed by atoms with Crippen LogP contribution in [0.4, 0.5) is 5.69 Å². The summed E-state index contributed by atoms with van der Waals surface area (Å²) in [4.78, 5) is 14.7. The normalized spacial score (nSPS) is 19.2. The van der Waals surface area contributed by atoms with Crippen LogP contribution in [0.5, 0.6) is 0 Å². The molecule has 0 aromatic heterocycles. The van der Waals surface area contributed by atoms with E-state index in [0.29, 0.717) is 22.8 Å². The lowest BCUT2D eigenvalue weighted by molar-refractivity contribution is -0.117. The second-order valence-corrected chi connectivity index (χ2v) is 6.05. The predicted molar refractivity (Wildman–Crippen MR) is 90.4 cm³/mol. The number of carbonyl (C=O) groups excluding carboxylic acids is 1. The van der Waals surface area contributed by atoms with Crippen LogP contribution in [0.1, 0.15) is 31.7 Å². The van der Waals surface area contributed by atoms with Crippen molar-refractivity contribution in [1.29, 1.82) is 0 Å². The first-order valence-corrected chi connectivity index (χ1v) is 7.92. The number of amides is 1. The number of carbonyl (C=O) groups is 1. The molecule has 1 saturated heterocycles. The van der Waals surface area contributed by atoms with Gasteiger partial charge in [0.05, 0.1) is 12.2 Å². The highest BCUT2D eigenvalue weighted by Crippen LogP contribution is 2.19. The summed E-state index contributed by atoms with van der Waals surface area (Å²) in [6, 6.07) is 7.38. The first kappa shape index (κ1) is 15.9. The number of likely N-dealkylation sites (tertiary alicyclic amines) is 1. The molecule has 1 aromatic carbocycles. The smallest absolute Gasteiger partial charge is 0.238 e. The summed E-state index contributed by atoms with van der Waals surface area (Å²) in [6.07, 6.45) is 3.64. The predicted octanol–water partition coefficient (Wildman–Crippen LogP) is 2.38. The Balaban J connectivity index is 1.94. The summed E-state index contributed by atoms with van der Waals surface area (Å²) in [5.74, 6) is 0.714. The largest absolute Gasteiger partial charge is 0.389 e. The fraction of sp³-hybridized carbons (Fsp3) is 0.500. The van der Waals surface area contributed by atoms with Crippen LogP contribution in [0.25, 0.3) is 0 Å². The van der Waals surface area contributed by atoms with Crippen molar-refractivity contribution < 1.29 is 4.79 Å². The average molecular weight is 305 g/mol. The first-order valence-electron chi connectivity index (χ1n) is 7.51. The Labute approximate surface area is 131 Å². The van der Waals surface area contributed by atoms with Gasteiger partial charge in [0.15, 0.2) is 0 Å². The molecule has 21 heavy (non-hydrogen) atoms. The molecule has 1 amide bonds. The van der Waals surface area contributed by atoms with Crippen LogP contribution in [-0.2, 0) is 4.79 Å². The second kappa shape index (κ2) is 7.52. The van der Waals surface area contributed by atoms with Crippen molar-refractivity contribution in [2.45, 2.75) is 26.2 Å². The summed E-state index contributed by atoms with van der Waals surface area (Å²) in [7, 11) is 0. The lowest BCUT2D eigenvalue weighted by Gasteiger charge is -2.31. The summed E-state index contributed by atoms with van der Waals surface area (Å²) >= 11 is 5.01. The van der Waals surface area contributed by atoms with E-state index >= 15 is 0 Å². The van der Waals surface area contributed by atoms with E-state index in [4.69, 9.17) is 18.0 Å². The molecule has 3 N–H and O–H groups in total. The Morgan fingerprint density at radius 1 is 1.48 bits per heavy atom. The summed E-state index contributed by atoms with van der Waals surface area (Å²) in [5, 5.41) is 2.92. The van der Waals surface area contributed by atoms with Crippen molar-refractivity contribution in [3.8, 4) is 0 Å². The van der Waals surface area contributed by atoms with Gasteiger partial charge in [-0.25, -0.2) is 0 Å². The zero-order valence-electron chi connectivity index (χ0n) is 12.5. The number of nitrogens with zero attached hydrogens (tertiary/aromatic N) is 1. The highest BCUT2D eigenvalue weighted by atomic mass is 32.1. The number of piperidine rings is 1. The first-order chi connectivity index (χ1) is 10.1. The monoisotopic (exact) mass is 305 g/mol. The number of benzene rings is 1. The zero-order valence-corrected chi connectivity index (χ0v) is 13.3. The lowest BCUT2D eigenvalue weighted by atomic mass is 9.96. The number of hydrogen-bond donors (Lipinski definition) is 2. The molecule has 0 radical (unpaired) electrons. The average Bonchev–Trinajstić information content (AvgIpc) is 2.47. The van der Waals surface area contributed by atoms with Gasteiger partial charge in [0.2, 0.25) is 5.91 Å². The van der Waals surface area contributed by atoms with Crippen LogP contribution in [0.3, 0.4) is 0 Å². The van der Waals surface area contributed by atoms with Crippen LogP contribution in [0.2, 0.25) is 0 Å². The molecular weight excluding hydrogens is 282 g/mol. The minimum atomic E-state index is -0.00421. The van der Waals surface area contributed by atoms with Crippen LogP contribution in [-0.4, -0.2) is 35.4 Å². The Morgan fingerprint density at radius 3 is 2.95 bits per heavy atom. The van der Waals surface area contributed by atoms with E-state index in [0.717, 1.165) is 19.0 Å². The van der Waals surface area contributed by atoms with Gasteiger partial charge in [0.1, 0.15) is 4.99 Å². The molecule has 0 spiro atoms. The minimum Gasteiger partial charge on any atom is -0.389 e. The topological polar surface area (TPSA) is 58.4 Å². The van der Waals surface area contributed by atoms with Gasteiger partial charge in [0.25, 0.3) is 0 Å². The van der Waals surface area contributed by atoms with Gasteiger partial charge in [0, 0.05) is 12.1 Å². The molecule has 0 bridgehead atoms. The van der Waals surface area contributed by atoms with Crippen LogP contribution < -0.4 is 11.1 Å². The fourth-order valence-electron chi connectivity index (χ4n) is 2.83. The molecule has 1 unspecified atom stereocenters. The number of para-hydroxylation sites is 1. The number of hydrogen-bond acceptors (Lipinski definition) is 3. The Hall–Kier alpha value is -1.46. The van der Waals surface area contributed by atoms with Gasteiger partial charge >= 0.3 is 0 Å². The molecule has 1 aromatic rings. The SMILES string of the molecule is CCC1CCCN(CC(=O)Nc2ccccc2C(N)=S)C1. The molecule has 2 rings (SSSR count). The van der Waals surface area contributed by atoms with Gasteiger partial charge in [-0.05, 0) is 37.4 Å². The van der Waals surface area contributed by atoms with Gasteiger partial charge < -0.3 is 11.1 Å². The standard InChI is InChI=1S/C16H23N3OS/c1-2-12-6-5-9-19(10-12)11-15(20)18-14-8-4-3-7-13(14)16(17)21/h3-4,7-8,12H,2,5-6,9-11H2,1H3,(H2,17,21)(H,18,20). The van der Waals surface area contributed by atoms with Crippen molar-refractivity contribution >= 4 is 28.8 Å². The summed E-state index contributed by atoms with van der Waals surface area (Å²) < 4.78 is 0. The van der Waals surface area contributed by atoms with Gasteiger partial charge in [-0.1, -0.05) is 37.7 Å². The van der Waals surface area contributed by atoms with Crippen molar-refractivity contribution in [1.82, 2.24) is 4.90 Å². The molecule has 1 atom stereocenters. The van der Waals surface area contributed by atoms with E-state index in [2.05, 4.69) is 17.1 Å². The van der Waals surface area contributed by atoms with Gasteiger partial charge in [-0.3, -0.25) is 9.69 Å². The van der Waals surface area contributed by atoms with E-state index < -0.39 is 0 Å². The third-order valence-electron chi connectivity index (χ3n) is 4.01. The maximum Gasteiger partial charge on any atom is 0.238 e. The molecule has 0 aliphatic carbocycles. The maximum atomic E-state index is 12.2. The molecule has 1 fully saturated rings. The maximum absolute atomic E-state index is 12.2. The van der Waals surface area contributed by atoms with E-state index in [9.17, 15) is 4.79 Å². The Morgan fingerprint density at radius 2 is 2.24 bits per heavy atom. The molecule has 0 saturated carbocycles. The van der Waals surface area contributed by atoms with Crippen molar-refractivity contribution in [2.75, 3.05) is 25.0 Å². The highest BCUT2D eigenvalue weighted by molar-refractivity contribution is 7.80. The molecular formula is C16H23N3OS. The third kappa shape index (κ3) is 4.51. The van der Waals surface area contributed by atoms with Crippen molar-refractivity contribution in [2.24, 2.45) is 11.7 Å². The van der Waals surface area contributed by atoms with E-state index in [-0.39, 0.29) is 5.91 Å². The Kier molecular flexibility index (Phi) is 5.70. The molecule has 114 valence electrons. The molecule has 1 aliphatic rings. The highest BCUT2D eigenvalue weighted by Gasteiger charge is 2.20. The van der Waals surface area contributed by atoms with E-state index in [1.165, 1.54) is 19.3 Å². The summed E-state index contributed by atoms with van der Waals surface area (Å²) in [5.41, 5.74) is 7.09. The van der Waals surface area contributed by atoms with E-state index in [1.54, 1.807) is 0 Å². The minimum absolute atomic E-state index is 0.00421. The number of rotatable bonds is 5. The molecule has 1 heterocycles. The second-order valence-electron chi connectivity index (χ2n) is 5.61. The Bertz CT molecular complexity index is 518. The van der Waals surface area contributed by atoms with Gasteiger partial charge in [-0.15, -0.1) is 0 Å². The number of thiocarbonyl (C=S) groups is 1. The summed E-state index contributed by atoms with van der Waals surface area (Å²) in [6.45, 7) is 4.66. The van der Waals surface area contributed by atoms with E-state index in [1.807, 2.05) is 24.3 Å². The number of nitrogens with one attached hydrogen (secondary N) is 1. The molecule has 5 heteroatoms. The van der Waals surface area contributed by atoms with Crippen molar-refractivity contribution in [3.63, 3.8) is 0 Å². The van der Waals surface area contributed by atoms with Crippen molar-refractivity contribution in [3.05, 3.63) is 29.8 Å². The quantitative estimate of drug-likeness (QED) is 0.820. The van der Waals surface area contributed by atoms with Crippen LogP contribution >= 0.6 is 12.2 Å². The molecule has 4 nitrogen and oxygen atoms in total. The van der Waals surface area contributed by atoms with Crippen LogP contribution in [0.15, 0.2) is 24.3 Å². The third-order valence-corrected chi connectivity index (χ3v) is 4.23. The van der Waals surface area contributed by atoms with Gasteiger partial charge in [-0.2, -0.15) is 0 Å². The zero-order chi connectivity index (χ0) is 15.2. The number of anilines is 1. The number of nitrogens with two attached hydrogens (primary N) is 1. The molecule has 1 aliphatic heterocycles. The fourth-order valence-corrected chi connectivity index (χ4v) is 3.01.